The zero-order chi connectivity index (χ0) is 13.3. The van der Waals surface area contributed by atoms with Crippen LogP contribution in [-0.2, 0) is 4.79 Å². The van der Waals surface area contributed by atoms with Crippen LogP contribution in [0.2, 0.25) is 0 Å². The number of carboxylic acid groups (broad SMARTS) is 1. The number of likely N-dealkylation sites (tertiary alicyclic amines) is 1. The number of carbonyl (C=O) groups is 2. The van der Waals surface area contributed by atoms with Crippen molar-refractivity contribution in [1.82, 2.24) is 10.1 Å². The van der Waals surface area contributed by atoms with Gasteiger partial charge in [0.05, 0.1) is 5.41 Å². The Morgan fingerprint density at radius 3 is 2.72 bits per heavy atom. The zero-order valence-electron chi connectivity index (χ0n) is 10.4. The molecule has 98 valence electrons. The Balaban J connectivity index is 2.17. The second-order valence-corrected chi connectivity index (χ2v) is 4.98. The Labute approximate surface area is 105 Å². The lowest BCUT2D eigenvalue weighted by molar-refractivity contribution is -0.150. The fourth-order valence-electron chi connectivity index (χ4n) is 2.38. The normalized spacial score (nSPS) is 23.6. The van der Waals surface area contributed by atoms with Crippen molar-refractivity contribution < 1.29 is 19.2 Å². The van der Waals surface area contributed by atoms with E-state index in [9.17, 15) is 14.7 Å². The van der Waals surface area contributed by atoms with Gasteiger partial charge in [-0.05, 0) is 12.3 Å². The van der Waals surface area contributed by atoms with Gasteiger partial charge >= 0.3 is 5.97 Å². The van der Waals surface area contributed by atoms with Crippen LogP contribution < -0.4 is 0 Å². The van der Waals surface area contributed by atoms with Crippen molar-refractivity contribution in [3.63, 3.8) is 0 Å². The fraction of sp³-hybridized carbons (Fsp3) is 0.583. The van der Waals surface area contributed by atoms with Crippen molar-refractivity contribution >= 4 is 11.9 Å². The van der Waals surface area contributed by atoms with Crippen LogP contribution >= 0.6 is 0 Å². The minimum absolute atomic E-state index is 0.0230. The standard InChI is InChI=1S/C12H16N2O4/c1-8(2)12(11(16)17)4-5-14(7-12)10(15)9-3-6-18-13-9/h3,6,8H,4-5,7H2,1-2H3,(H,16,17). The Morgan fingerprint density at radius 2 is 2.28 bits per heavy atom. The molecule has 1 atom stereocenters. The first-order valence-electron chi connectivity index (χ1n) is 5.90. The first-order chi connectivity index (χ1) is 8.47. The second kappa shape index (κ2) is 4.44. The molecule has 1 amide bonds. The number of aliphatic carboxylic acids is 1. The number of amides is 1. The third kappa shape index (κ3) is 1.87. The molecule has 1 unspecified atom stereocenters. The van der Waals surface area contributed by atoms with Crippen LogP contribution in [0.1, 0.15) is 30.8 Å². The minimum Gasteiger partial charge on any atom is -0.481 e. The molecule has 0 aliphatic carbocycles. The highest BCUT2D eigenvalue weighted by molar-refractivity contribution is 5.93. The third-order valence-corrected chi connectivity index (χ3v) is 3.78. The lowest BCUT2D eigenvalue weighted by atomic mass is 9.76. The van der Waals surface area contributed by atoms with Crippen LogP contribution in [0, 0.1) is 11.3 Å². The Morgan fingerprint density at radius 1 is 1.56 bits per heavy atom. The molecule has 1 N–H and O–H groups in total. The van der Waals surface area contributed by atoms with Gasteiger partial charge in [-0.1, -0.05) is 19.0 Å². The average Bonchev–Trinajstić information content (AvgIpc) is 2.98. The quantitative estimate of drug-likeness (QED) is 0.875. The van der Waals surface area contributed by atoms with Crippen molar-refractivity contribution in [2.45, 2.75) is 20.3 Å². The number of rotatable bonds is 3. The summed E-state index contributed by atoms with van der Waals surface area (Å²) in [6, 6.07) is 1.48. The lowest BCUT2D eigenvalue weighted by Crippen LogP contribution is -2.40. The number of hydrogen-bond donors (Lipinski definition) is 1. The number of hydrogen-bond acceptors (Lipinski definition) is 4. The molecule has 1 fully saturated rings. The average molecular weight is 252 g/mol. The van der Waals surface area contributed by atoms with Crippen molar-refractivity contribution in [3.05, 3.63) is 18.0 Å². The summed E-state index contributed by atoms with van der Waals surface area (Å²) in [4.78, 5) is 25.0. The molecule has 0 radical (unpaired) electrons. The first kappa shape index (κ1) is 12.6. The molecule has 1 saturated heterocycles. The van der Waals surface area contributed by atoms with E-state index >= 15 is 0 Å². The largest absolute Gasteiger partial charge is 0.481 e. The number of aromatic nitrogens is 1. The van der Waals surface area contributed by atoms with Crippen molar-refractivity contribution in [2.24, 2.45) is 11.3 Å². The highest BCUT2D eigenvalue weighted by atomic mass is 16.5. The van der Waals surface area contributed by atoms with Gasteiger partial charge in [0.1, 0.15) is 6.26 Å². The lowest BCUT2D eigenvalue weighted by Gasteiger charge is -2.28. The molecule has 0 spiro atoms. The predicted octanol–water partition coefficient (Wildman–Crippen LogP) is 1.25. The molecular weight excluding hydrogens is 236 g/mol. The molecule has 6 heteroatoms. The van der Waals surface area contributed by atoms with Crippen LogP contribution in [0.3, 0.4) is 0 Å². The van der Waals surface area contributed by atoms with Crippen LogP contribution in [-0.4, -0.2) is 40.1 Å². The van der Waals surface area contributed by atoms with Crippen LogP contribution in [0.5, 0.6) is 0 Å². The topological polar surface area (TPSA) is 83.6 Å². The molecule has 1 aliphatic rings. The molecule has 6 nitrogen and oxygen atoms in total. The molecule has 0 bridgehead atoms. The van der Waals surface area contributed by atoms with Gasteiger partial charge in [0.25, 0.3) is 5.91 Å². The number of carboxylic acids is 1. The summed E-state index contributed by atoms with van der Waals surface area (Å²) in [6.07, 6.45) is 1.81. The molecule has 1 aromatic rings. The van der Waals surface area contributed by atoms with E-state index in [0.29, 0.717) is 13.0 Å². The second-order valence-electron chi connectivity index (χ2n) is 4.98. The summed E-state index contributed by atoms with van der Waals surface area (Å²) in [7, 11) is 0. The first-order valence-corrected chi connectivity index (χ1v) is 5.90. The Hall–Kier alpha value is -1.85. The van der Waals surface area contributed by atoms with Gasteiger partial charge in [-0.2, -0.15) is 0 Å². The monoisotopic (exact) mass is 252 g/mol. The summed E-state index contributed by atoms with van der Waals surface area (Å²) in [5, 5.41) is 13.0. The molecular formula is C12H16N2O4. The maximum atomic E-state index is 12.1. The molecule has 2 rings (SSSR count). The van der Waals surface area contributed by atoms with E-state index in [4.69, 9.17) is 0 Å². The highest BCUT2D eigenvalue weighted by Crippen LogP contribution is 2.38. The van der Waals surface area contributed by atoms with Crippen molar-refractivity contribution in [3.8, 4) is 0 Å². The Bertz CT molecular complexity index is 455. The Kier molecular flexibility index (Phi) is 3.11. The van der Waals surface area contributed by atoms with E-state index < -0.39 is 11.4 Å². The molecule has 2 heterocycles. The summed E-state index contributed by atoms with van der Waals surface area (Å²) >= 11 is 0. The van der Waals surface area contributed by atoms with Gasteiger partial charge in [0, 0.05) is 19.2 Å². The number of carbonyl (C=O) groups excluding carboxylic acids is 1. The number of nitrogens with zero attached hydrogens (tertiary/aromatic N) is 2. The van der Waals surface area contributed by atoms with E-state index in [1.165, 1.54) is 17.2 Å². The highest BCUT2D eigenvalue weighted by Gasteiger charge is 2.48. The van der Waals surface area contributed by atoms with E-state index in [1.54, 1.807) is 0 Å². The smallest absolute Gasteiger partial charge is 0.311 e. The zero-order valence-corrected chi connectivity index (χ0v) is 10.4. The summed E-state index contributed by atoms with van der Waals surface area (Å²) in [6.45, 7) is 4.41. The maximum Gasteiger partial charge on any atom is 0.311 e. The van der Waals surface area contributed by atoms with Crippen molar-refractivity contribution in [2.75, 3.05) is 13.1 Å². The molecule has 1 aromatic heterocycles. The minimum atomic E-state index is -0.848. The van der Waals surface area contributed by atoms with Crippen LogP contribution in [0.15, 0.2) is 16.9 Å². The van der Waals surface area contributed by atoms with Crippen LogP contribution in [0.25, 0.3) is 0 Å². The molecule has 1 aliphatic heterocycles. The molecule has 18 heavy (non-hydrogen) atoms. The fourth-order valence-corrected chi connectivity index (χ4v) is 2.38. The van der Waals surface area contributed by atoms with Gasteiger partial charge in [-0.3, -0.25) is 9.59 Å². The summed E-state index contributed by atoms with van der Waals surface area (Å²) < 4.78 is 4.63. The van der Waals surface area contributed by atoms with Gasteiger partial charge in [0.2, 0.25) is 0 Å². The van der Waals surface area contributed by atoms with Crippen molar-refractivity contribution in [1.29, 1.82) is 0 Å². The van der Waals surface area contributed by atoms with Gasteiger partial charge in [-0.15, -0.1) is 0 Å². The third-order valence-electron chi connectivity index (χ3n) is 3.78. The van der Waals surface area contributed by atoms with Gasteiger partial charge in [-0.25, -0.2) is 0 Å². The van der Waals surface area contributed by atoms with E-state index in [0.717, 1.165) is 0 Å². The van der Waals surface area contributed by atoms with Gasteiger partial charge in [0.15, 0.2) is 5.69 Å². The van der Waals surface area contributed by atoms with E-state index in [1.807, 2.05) is 13.8 Å². The summed E-state index contributed by atoms with van der Waals surface area (Å²) in [5.74, 6) is -1.13. The van der Waals surface area contributed by atoms with E-state index in [-0.39, 0.29) is 24.1 Å². The van der Waals surface area contributed by atoms with E-state index in [2.05, 4.69) is 9.68 Å². The predicted molar refractivity (Wildman–Crippen MR) is 61.9 cm³/mol. The SMILES string of the molecule is CC(C)C1(C(=O)O)CCN(C(=O)c2ccon2)C1. The van der Waals surface area contributed by atoms with Gasteiger partial charge < -0.3 is 14.5 Å². The molecule has 0 saturated carbocycles. The maximum absolute atomic E-state index is 12.1. The summed E-state index contributed by atoms with van der Waals surface area (Å²) in [5.41, 5.74) is -0.626. The van der Waals surface area contributed by atoms with Crippen LogP contribution in [0.4, 0.5) is 0 Å². The molecule has 0 aromatic carbocycles.